The lowest BCUT2D eigenvalue weighted by atomic mass is 10.0. The molecule has 5 nitrogen and oxygen atoms in total. The van der Waals surface area contributed by atoms with E-state index in [9.17, 15) is 9.59 Å². The van der Waals surface area contributed by atoms with Crippen molar-refractivity contribution in [1.82, 2.24) is 10.2 Å². The number of rotatable bonds is 12. The Bertz CT molecular complexity index is 1070. The third-order valence-electron chi connectivity index (χ3n) is 5.68. The lowest BCUT2D eigenvalue weighted by Gasteiger charge is -2.31. The number of carbonyl (C=O) groups excluding carboxylic acids is 2. The molecule has 184 valence electrons. The van der Waals surface area contributed by atoms with Gasteiger partial charge >= 0.3 is 0 Å². The average Bonchev–Trinajstić information content (AvgIpc) is 2.86. The van der Waals surface area contributed by atoms with Gasteiger partial charge in [-0.3, -0.25) is 9.59 Å². The Kier molecular flexibility index (Phi) is 10.2. The Morgan fingerprint density at radius 2 is 1.49 bits per heavy atom. The van der Waals surface area contributed by atoms with E-state index in [1.165, 1.54) is 0 Å². The number of amides is 2. The van der Waals surface area contributed by atoms with E-state index in [1.807, 2.05) is 60.7 Å². The van der Waals surface area contributed by atoms with Gasteiger partial charge in [0.25, 0.3) is 5.91 Å². The molecule has 0 bridgehead atoms. The van der Waals surface area contributed by atoms with E-state index < -0.39 is 6.04 Å². The summed E-state index contributed by atoms with van der Waals surface area (Å²) in [4.78, 5) is 28.6. The highest BCUT2D eigenvalue weighted by molar-refractivity contribution is 6.32. The first-order valence-electron chi connectivity index (χ1n) is 12.0. The number of para-hydroxylation sites is 1. The summed E-state index contributed by atoms with van der Waals surface area (Å²) in [5.41, 5.74) is 1.92. The minimum atomic E-state index is -0.688. The molecule has 0 saturated carbocycles. The predicted octanol–water partition coefficient (Wildman–Crippen LogP) is 5.52. The van der Waals surface area contributed by atoms with Gasteiger partial charge in [0.15, 0.2) is 6.61 Å². The number of carbonyl (C=O) groups is 2. The van der Waals surface area contributed by atoms with Crippen molar-refractivity contribution < 1.29 is 14.3 Å². The van der Waals surface area contributed by atoms with Crippen molar-refractivity contribution in [2.45, 2.75) is 39.3 Å². The third-order valence-corrected chi connectivity index (χ3v) is 5.99. The Morgan fingerprint density at radius 1 is 0.886 bits per heavy atom. The number of nitrogens with zero attached hydrogens (tertiary/aromatic N) is 1. The molecule has 0 spiro atoms. The number of ether oxygens (including phenoxy) is 1. The Labute approximate surface area is 213 Å². The zero-order chi connectivity index (χ0) is 25.0. The predicted molar refractivity (Wildman–Crippen MR) is 140 cm³/mol. The van der Waals surface area contributed by atoms with Crippen LogP contribution in [0.4, 0.5) is 0 Å². The first-order valence-corrected chi connectivity index (χ1v) is 12.3. The molecule has 35 heavy (non-hydrogen) atoms. The van der Waals surface area contributed by atoms with Crippen molar-refractivity contribution in [1.29, 1.82) is 0 Å². The van der Waals surface area contributed by atoms with Crippen LogP contribution in [0.2, 0.25) is 5.02 Å². The SMILES string of the molecule is CC(C)CCNC(=O)[C@@H](Cc1ccccc1)N(Cc1ccccc1)C(=O)COc1ccccc1Cl. The van der Waals surface area contributed by atoms with Gasteiger partial charge in [-0.25, -0.2) is 0 Å². The van der Waals surface area contributed by atoms with E-state index in [0.717, 1.165) is 17.5 Å². The van der Waals surface area contributed by atoms with Gasteiger partial charge in [0.1, 0.15) is 11.8 Å². The van der Waals surface area contributed by atoms with Gasteiger partial charge in [-0.05, 0) is 35.6 Å². The molecule has 0 fully saturated rings. The number of hydrogen-bond acceptors (Lipinski definition) is 3. The zero-order valence-electron chi connectivity index (χ0n) is 20.3. The van der Waals surface area contributed by atoms with Gasteiger partial charge in [0, 0.05) is 19.5 Å². The zero-order valence-corrected chi connectivity index (χ0v) is 21.1. The maximum atomic E-state index is 13.5. The second kappa shape index (κ2) is 13.5. The van der Waals surface area contributed by atoms with E-state index in [-0.39, 0.29) is 18.4 Å². The monoisotopic (exact) mass is 492 g/mol. The van der Waals surface area contributed by atoms with Gasteiger partial charge in [-0.2, -0.15) is 0 Å². The first-order chi connectivity index (χ1) is 16.9. The lowest BCUT2D eigenvalue weighted by Crippen LogP contribution is -2.52. The van der Waals surface area contributed by atoms with Crippen molar-refractivity contribution in [2.24, 2.45) is 5.92 Å². The first kappa shape index (κ1) is 26.3. The minimum absolute atomic E-state index is 0.170. The quantitative estimate of drug-likeness (QED) is 0.362. The van der Waals surface area contributed by atoms with Gasteiger partial charge in [-0.15, -0.1) is 0 Å². The van der Waals surface area contributed by atoms with E-state index in [1.54, 1.807) is 29.2 Å². The number of nitrogens with one attached hydrogen (secondary N) is 1. The van der Waals surface area contributed by atoms with Gasteiger partial charge in [0.2, 0.25) is 5.91 Å². The molecule has 0 heterocycles. The highest BCUT2D eigenvalue weighted by Crippen LogP contribution is 2.23. The highest BCUT2D eigenvalue weighted by Gasteiger charge is 2.30. The molecule has 3 aromatic carbocycles. The molecule has 0 unspecified atom stereocenters. The summed E-state index contributed by atoms with van der Waals surface area (Å²) in [5.74, 6) is 0.447. The summed E-state index contributed by atoms with van der Waals surface area (Å²) >= 11 is 6.21. The molecule has 0 radical (unpaired) electrons. The molecule has 1 atom stereocenters. The molecule has 0 aliphatic carbocycles. The molecule has 2 amide bonds. The molecule has 1 N–H and O–H groups in total. The van der Waals surface area contributed by atoms with Crippen LogP contribution in [-0.4, -0.2) is 35.9 Å². The van der Waals surface area contributed by atoms with Crippen LogP contribution in [0.3, 0.4) is 0 Å². The normalized spacial score (nSPS) is 11.7. The Morgan fingerprint density at radius 3 is 2.11 bits per heavy atom. The van der Waals surface area contributed by atoms with E-state index >= 15 is 0 Å². The molecule has 0 saturated heterocycles. The van der Waals surface area contributed by atoms with E-state index in [4.69, 9.17) is 16.3 Å². The second-order valence-electron chi connectivity index (χ2n) is 8.91. The summed E-state index contributed by atoms with van der Waals surface area (Å²) < 4.78 is 5.76. The minimum Gasteiger partial charge on any atom is -0.482 e. The van der Waals surface area contributed by atoms with E-state index in [0.29, 0.717) is 36.2 Å². The molecule has 0 aromatic heterocycles. The smallest absolute Gasteiger partial charge is 0.261 e. The fraction of sp³-hybridized carbons (Fsp3) is 0.310. The molecular formula is C29H33ClN2O3. The molecule has 3 rings (SSSR count). The maximum absolute atomic E-state index is 13.5. The summed E-state index contributed by atoms with van der Waals surface area (Å²) in [6.07, 6.45) is 1.27. The second-order valence-corrected chi connectivity index (χ2v) is 9.31. The molecule has 0 aliphatic rings. The Balaban J connectivity index is 1.86. The van der Waals surface area contributed by atoms with Crippen molar-refractivity contribution in [3.63, 3.8) is 0 Å². The summed E-state index contributed by atoms with van der Waals surface area (Å²) in [5, 5.41) is 3.48. The van der Waals surface area contributed by atoms with Crippen molar-refractivity contribution in [2.75, 3.05) is 13.2 Å². The maximum Gasteiger partial charge on any atom is 0.261 e. The summed E-state index contributed by atoms with van der Waals surface area (Å²) in [6, 6.07) is 25.8. The number of hydrogen-bond donors (Lipinski definition) is 1. The summed E-state index contributed by atoms with van der Waals surface area (Å²) in [7, 11) is 0. The topological polar surface area (TPSA) is 58.6 Å². The molecular weight excluding hydrogens is 460 g/mol. The van der Waals surface area contributed by atoms with Crippen molar-refractivity contribution >= 4 is 23.4 Å². The van der Waals surface area contributed by atoms with Crippen LogP contribution in [0.1, 0.15) is 31.4 Å². The third kappa shape index (κ3) is 8.45. The van der Waals surface area contributed by atoms with Crippen LogP contribution in [0.5, 0.6) is 5.75 Å². The van der Waals surface area contributed by atoms with Gasteiger partial charge < -0.3 is 15.0 Å². The van der Waals surface area contributed by atoms with Crippen LogP contribution >= 0.6 is 11.6 Å². The largest absolute Gasteiger partial charge is 0.482 e. The molecule has 6 heteroatoms. The van der Waals surface area contributed by atoms with Crippen LogP contribution in [0.25, 0.3) is 0 Å². The van der Waals surface area contributed by atoms with Crippen LogP contribution in [0, 0.1) is 5.92 Å². The van der Waals surface area contributed by atoms with Gasteiger partial charge in [-0.1, -0.05) is 98.2 Å². The molecule has 3 aromatic rings. The van der Waals surface area contributed by atoms with Crippen LogP contribution in [0.15, 0.2) is 84.9 Å². The van der Waals surface area contributed by atoms with Crippen molar-refractivity contribution in [3.8, 4) is 5.75 Å². The lowest BCUT2D eigenvalue weighted by molar-refractivity contribution is -0.142. The number of benzene rings is 3. The van der Waals surface area contributed by atoms with Crippen molar-refractivity contribution in [3.05, 3.63) is 101 Å². The number of halogens is 1. The molecule has 0 aliphatic heterocycles. The fourth-order valence-electron chi connectivity index (χ4n) is 3.72. The fourth-order valence-corrected chi connectivity index (χ4v) is 3.91. The van der Waals surface area contributed by atoms with E-state index in [2.05, 4.69) is 19.2 Å². The average molecular weight is 493 g/mol. The highest BCUT2D eigenvalue weighted by atomic mass is 35.5. The van der Waals surface area contributed by atoms with Gasteiger partial charge in [0.05, 0.1) is 5.02 Å². The Hall–Kier alpha value is -3.31. The standard InChI is InChI=1S/C29H33ClN2O3/c1-22(2)17-18-31-29(34)26(19-23-11-5-3-6-12-23)32(20-24-13-7-4-8-14-24)28(33)21-35-27-16-10-9-15-25(27)30/h3-16,22,26H,17-21H2,1-2H3,(H,31,34)/t26-/m1/s1. The summed E-state index contributed by atoms with van der Waals surface area (Å²) in [6.45, 7) is 4.86. The van der Waals surface area contributed by atoms with Crippen LogP contribution < -0.4 is 10.1 Å². The van der Waals surface area contributed by atoms with Crippen LogP contribution in [-0.2, 0) is 22.6 Å².